The molecule has 6 nitrogen and oxygen atoms in total. The van der Waals surface area contributed by atoms with E-state index in [0.29, 0.717) is 17.2 Å². The number of benzene rings is 2. The van der Waals surface area contributed by atoms with Crippen molar-refractivity contribution >= 4 is 17.4 Å². The molecule has 3 aromatic rings. The van der Waals surface area contributed by atoms with E-state index in [1.807, 2.05) is 48.5 Å². The van der Waals surface area contributed by atoms with Crippen LogP contribution in [0.3, 0.4) is 0 Å². The first-order chi connectivity index (χ1) is 14.3. The molecule has 0 aliphatic carbocycles. The topological polar surface area (TPSA) is 67.3 Å². The summed E-state index contributed by atoms with van der Waals surface area (Å²) >= 11 is 0. The molecule has 0 unspecified atom stereocenters. The smallest absolute Gasteiger partial charge is 0.275 e. The van der Waals surface area contributed by atoms with Crippen LogP contribution in [-0.4, -0.2) is 29.0 Å². The Balaban J connectivity index is 1.45. The first-order valence-electron chi connectivity index (χ1n) is 10.00. The van der Waals surface area contributed by atoms with E-state index in [1.165, 1.54) is 31.9 Å². The molecule has 29 heavy (non-hydrogen) atoms. The van der Waals surface area contributed by atoms with Gasteiger partial charge < -0.3 is 15.0 Å². The summed E-state index contributed by atoms with van der Waals surface area (Å²) < 4.78 is 5.90. The number of hydrogen-bond donors (Lipinski definition) is 1. The van der Waals surface area contributed by atoms with Crippen molar-refractivity contribution in [1.29, 1.82) is 0 Å². The van der Waals surface area contributed by atoms with Crippen LogP contribution in [0.25, 0.3) is 0 Å². The SMILES string of the molecule is O=C(Nc1ccccc1Oc1ccccc1)c1cnc(N2CCCCCC2)cn1. The predicted molar refractivity (Wildman–Crippen MR) is 114 cm³/mol. The van der Waals surface area contributed by atoms with E-state index in [9.17, 15) is 4.79 Å². The highest BCUT2D eigenvalue weighted by Gasteiger charge is 2.15. The first-order valence-corrected chi connectivity index (χ1v) is 10.00. The summed E-state index contributed by atoms with van der Waals surface area (Å²) in [5, 5.41) is 2.88. The molecule has 1 aliphatic heterocycles. The van der Waals surface area contributed by atoms with E-state index in [1.54, 1.807) is 12.3 Å². The van der Waals surface area contributed by atoms with Crippen LogP contribution in [0.2, 0.25) is 0 Å². The van der Waals surface area contributed by atoms with Gasteiger partial charge in [-0.3, -0.25) is 4.79 Å². The molecule has 0 radical (unpaired) electrons. The highest BCUT2D eigenvalue weighted by Crippen LogP contribution is 2.29. The molecule has 1 amide bonds. The van der Waals surface area contributed by atoms with Crippen molar-refractivity contribution in [2.75, 3.05) is 23.3 Å². The second-order valence-electron chi connectivity index (χ2n) is 7.03. The van der Waals surface area contributed by atoms with Gasteiger partial charge >= 0.3 is 0 Å². The minimum absolute atomic E-state index is 0.276. The van der Waals surface area contributed by atoms with Crippen LogP contribution in [0.1, 0.15) is 36.2 Å². The third kappa shape index (κ3) is 4.90. The highest BCUT2D eigenvalue weighted by molar-refractivity contribution is 6.03. The quantitative estimate of drug-likeness (QED) is 0.673. The Morgan fingerprint density at radius 2 is 1.59 bits per heavy atom. The molecular formula is C23H24N4O2. The number of nitrogens with one attached hydrogen (secondary N) is 1. The number of ether oxygens (including phenoxy) is 1. The molecule has 4 rings (SSSR count). The number of rotatable bonds is 5. The van der Waals surface area contributed by atoms with Gasteiger partial charge in [-0.2, -0.15) is 0 Å². The number of carbonyl (C=O) groups is 1. The number of carbonyl (C=O) groups excluding carboxylic acids is 1. The Bertz CT molecular complexity index is 937. The Morgan fingerprint density at radius 3 is 2.31 bits per heavy atom. The first kappa shape index (κ1) is 18.9. The second kappa shape index (κ2) is 9.19. The van der Waals surface area contributed by atoms with Crippen LogP contribution in [0.15, 0.2) is 67.0 Å². The molecule has 1 aromatic heterocycles. The molecule has 148 valence electrons. The zero-order chi connectivity index (χ0) is 19.9. The van der Waals surface area contributed by atoms with Gasteiger partial charge in [-0.15, -0.1) is 0 Å². The summed E-state index contributed by atoms with van der Waals surface area (Å²) in [6.45, 7) is 1.98. The zero-order valence-electron chi connectivity index (χ0n) is 16.3. The molecule has 0 bridgehead atoms. The lowest BCUT2D eigenvalue weighted by Gasteiger charge is -2.20. The van der Waals surface area contributed by atoms with Gasteiger partial charge in [0.15, 0.2) is 5.75 Å². The molecule has 2 aromatic carbocycles. The van der Waals surface area contributed by atoms with Crippen LogP contribution < -0.4 is 15.0 Å². The molecule has 0 saturated carbocycles. The van der Waals surface area contributed by atoms with E-state index in [0.717, 1.165) is 18.9 Å². The van der Waals surface area contributed by atoms with Crippen molar-refractivity contribution in [2.24, 2.45) is 0 Å². The molecular weight excluding hydrogens is 364 g/mol. The molecule has 1 N–H and O–H groups in total. The predicted octanol–water partition coefficient (Wildman–Crippen LogP) is 4.90. The maximum Gasteiger partial charge on any atom is 0.275 e. The number of anilines is 2. The van der Waals surface area contributed by atoms with Crippen molar-refractivity contribution in [2.45, 2.75) is 25.7 Å². The van der Waals surface area contributed by atoms with Gasteiger partial charge in [-0.05, 0) is 37.1 Å². The Kier molecular flexibility index (Phi) is 6.00. The Hall–Kier alpha value is -3.41. The largest absolute Gasteiger partial charge is 0.455 e. The normalized spacial score (nSPS) is 14.1. The van der Waals surface area contributed by atoms with Crippen LogP contribution in [0, 0.1) is 0 Å². The number of aromatic nitrogens is 2. The van der Waals surface area contributed by atoms with Gasteiger partial charge in [0, 0.05) is 13.1 Å². The number of hydrogen-bond acceptors (Lipinski definition) is 5. The van der Waals surface area contributed by atoms with Crippen molar-refractivity contribution < 1.29 is 9.53 Å². The third-order valence-electron chi connectivity index (χ3n) is 4.91. The van der Waals surface area contributed by atoms with Crippen molar-refractivity contribution in [3.8, 4) is 11.5 Å². The molecule has 0 atom stereocenters. The van der Waals surface area contributed by atoms with Crippen LogP contribution in [0.4, 0.5) is 11.5 Å². The average molecular weight is 388 g/mol. The minimum Gasteiger partial charge on any atom is -0.455 e. The van der Waals surface area contributed by atoms with Crippen molar-refractivity contribution in [1.82, 2.24) is 9.97 Å². The average Bonchev–Trinajstić information content (AvgIpc) is 3.06. The molecule has 1 fully saturated rings. The van der Waals surface area contributed by atoms with Crippen LogP contribution >= 0.6 is 0 Å². The lowest BCUT2D eigenvalue weighted by molar-refractivity contribution is 0.102. The fourth-order valence-electron chi connectivity index (χ4n) is 3.36. The van der Waals surface area contributed by atoms with Crippen molar-refractivity contribution in [3.63, 3.8) is 0 Å². The van der Waals surface area contributed by atoms with E-state index in [2.05, 4.69) is 20.2 Å². The van der Waals surface area contributed by atoms with Gasteiger partial charge in [0.25, 0.3) is 5.91 Å². The Morgan fingerprint density at radius 1 is 0.862 bits per heavy atom. The molecule has 0 spiro atoms. The zero-order valence-corrected chi connectivity index (χ0v) is 16.3. The number of nitrogens with zero attached hydrogens (tertiary/aromatic N) is 3. The monoisotopic (exact) mass is 388 g/mol. The second-order valence-corrected chi connectivity index (χ2v) is 7.03. The molecule has 6 heteroatoms. The van der Waals surface area contributed by atoms with Gasteiger partial charge in [-0.1, -0.05) is 43.2 Å². The molecule has 1 saturated heterocycles. The molecule has 1 aliphatic rings. The van der Waals surface area contributed by atoms with Gasteiger partial charge in [0.1, 0.15) is 17.3 Å². The standard InChI is InChI=1S/C23H24N4O2/c28-23(20-16-25-22(17-24-20)27-14-8-1-2-9-15-27)26-19-12-6-7-13-21(19)29-18-10-4-3-5-11-18/h3-7,10-13,16-17H,1-2,8-9,14-15H2,(H,26,28). The van der Waals surface area contributed by atoms with E-state index >= 15 is 0 Å². The third-order valence-corrected chi connectivity index (χ3v) is 4.91. The Labute approximate surface area is 170 Å². The summed E-state index contributed by atoms with van der Waals surface area (Å²) in [6, 6.07) is 16.8. The highest BCUT2D eigenvalue weighted by atomic mass is 16.5. The summed E-state index contributed by atoms with van der Waals surface area (Å²) in [6.07, 6.45) is 8.08. The molecule has 2 heterocycles. The van der Waals surface area contributed by atoms with Gasteiger partial charge in [0.05, 0.1) is 18.1 Å². The summed E-state index contributed by atoms with van der Waals surface area (Å²) in [5.74, 6) is 1.79. The van der Waals surface area contributed by atoms with E-state index < -0.39 is 0 Å². The van der Waals surface area contributed by atoms with Gasteiger partial charge in [-0.25, -0.2) is 9.97 Å². The fourth-order valence-corrected chi connectivity index (χ4v) is 3.36. The summed E-state index contributed by atoms with van der Waals surface area (Å²) in [4.78, 5) is 23.7. The minimum atomic E-state index is -0.316. The van der Waals surface area contributed by atoms with Crippen LogP contribution in [-0.2, 0) is 0 Å². The van der Waals surface area contributed by atoms with Gasteiger partial charge in [0.2, 0.25) is 0 Å². The van der Waals surface area contributed by atoms with Crippen LogP contribution in [0.5, 0.6) is 11.5 Å². The maximum absolute atomic E-state index is 12.7. The van der Waals surface area contributed by atoms with E-state index in [-0.39, 0.29) is 11.6 Å². The number of para-hydroxylation sites is 3. The van der Waals surface area contributed by atoms with Crippen molar-refractivity contribution in [3.05, 3.63) is 72.7 Å². The van der Waals surface area contributed by atoms with E-state index in [4.69, 9.17) is 4.74 Å². The summed E-state index contributed by atoms with van der Waals surface area (Å²) in [7, 11) is 0. The fraction of sp³-hybridized carbons (Fsp3) is 0.261. The summed E-state index contributed by atoms with van der Waals surface area (Å²) in [5.41, 5.74) is 0.859. The maximum atomic E-state index is 12.7. The lowest BCUT2D eigenvalue weighted by atomic mass is 10.2. The lowest BCUT2D eigenvalue weighted by Crippen LogP contribution is -2.25. The number of amides is 1.